The van der Waals surface area contributed by atoms with Crippen molar-refractivity contribution in [1.82, 2.24) is 0 Å². The lowest BCUT2D eigenvalue weighted by atomic mass is 9.91. The molecule has 25 heavy (non-hydrogen) atoms. The Balaban J connectivity index is 3.02. The minimum Gasteiger partial charge on any atom is -0.496 e. The molecule has 1 unspecified atom stereocenters. The number of rotatable bonds is 12. The van der Waals surface area contributed by atoms with Gasteiger partial charge in [0.1, 0.15) is 29.6 Å². The second kappa shape index (κ2) is 11.4. The third-order valence-corrected chi connectivity index (χ3v) is 3.63. The van der Waals surface area contributed by atoms with Crippen LogP contribution in [0.2, 0.25) is 0 Å². The molecule has 0 radical (unpaired) electrons. The van der Waals surface area contributed by atoms with E-state index in [9.17, 15) is 9.59 Å². The van der Waals surface area contributed by atoms with Gasteiger partial charge < -0.3 is 14.2 Å². The van der Waals surface area contributed by atoms with Crippen LogP contribution in [0.5, 0.6) is 11.5 Å². The van der Waals surface area contributed by atoms with Crippen molar-refractivity contribution < 1.29 is 33.6 Å². The fraction of sp³-hybridized carbons (Fsp3) is 0.556. The summed E-state index contributed by atoms with van der Waals surface area (Å²) in [6.07, 6.45) is 1.88. The van der Waals surface area contributed by atoms with Crippen LogP contribution in [0.25, 0.3) is 0 Å². The monoisotopic (exact) mass is 354 g/mol. The molecule has 0 aliphatic heterocycles. The zero-order chi connectivity index (χ0) is 18.7. The van der Waals surface area contributed by atoms with Crippen molar-refractivity contribution in [2.75, 3.05) is 34.5 Å². The number of hydrogen-bond donors (Lipinski definition) is 0. The number of carbonyl (C=O) groups excluding carboxylic acids is 2. The Labute approximate surface area is 148 Å². The summed E-state index contributed by atoms with van der Waals surface area (Å²) in [6, 6.07) is 5.00. The van der Waals surface area contributed by atoms with E-state index in [1.807, 2.05) is 6.92 Å². The molecule has 1 aromatic carbocycles. The van der Waals surface area contributed by atoms with Gasteiger partial charge in [-0.3, -0.25) is 9.68 Å². The zero-order valence-electron chi connectivity index (χ0n) is 15.2. The maximum Gasteiger partial charge on any atom is 0.353 e. The van der Waals surface area contributed by atoms with Crippen LogP contribution in [-0.4, -0.2) is 46.3 Å². The summed E-state index contributed by atoms with van der Waals surface area (Å²) >= 11 is 0. The first kappa shape index (κ1) is 20.9. The first-order valence-corrected chi connectivity index (χ1v) is 8.18. The van der Waals surface area contributed by atoms with Crippen LogP contribution in [-0.2, 0) is 19.3 Å². The van der Waals surface area contributed by atoms with E-state index < -0.39 is 17.7 Å². The molecule has 0 bridgehead atoms. The van der Waals surface area contributed by atoms with E-state index >= 15 is 0 Å². The van der Waals surface area contributed by atoms with Gasteiger partial charge in [-0.25, -0.2) is 4.79 Å². The lowest BCUT2D eigenvalue weighted by molar-refractivity contribution is -0.278. The fourth-order valence-corrected chi connectivity index (χ4v) is 2.31. The quantitative estimate of drug-likeness (QED) is 0.188. The van der Waals surface area contributed by atoms with Gasteiger partial charge in [-0.2, -0.15) is 4.89 Å². The van der Waals surface area contributed by atoms with Crippen molar-refractivity contribution in [3.63, 3.8) is 0 Å². The number of unbranched alkanes of at least 4 members (excludes halogenated alkanes) is 1. The Bertz CT molecular complexity index is 534. The van der Waals surface area contributed by atoms with Gasteiger partial charge in [0.05, 0.1) is 20.8 Å². The summed E-state index contributed by atoms with van der Waals surface area (Å²) < 4.78 is 15.3. The number of carbonyl (C=O) groups is 2. The first-order chi connectivity index (χ1) is 12.1. The molecular formula is C18H26O7. The molecule has 0 aromatic heterocycles. The van der Waals surface area contributed by atoms with E-state index in [1.54, 1.807) is 18.2 Å². The molecule has 1 rings (SSSR count). The second-order valence-electron chi connectivity index (χ2n) is 5.31. The van der Waals surface area contributed by atoms with Crippen LogP contribution < -0.4 is 9.47 Å². The SMILES string of the molecule is CCCCC(C(=O)OOCCOC)C(=O)c1c(OC)cccc1OC. The molecule has 0 saturated carbocycles. The first-order valence-electron chi connectivity index (χ1n) is 8.18. The largest absolute Gasteiger partial charge is 0.496 e. The maximum atomic E-state index is 13.0. The number of Topliss-reactive ketones (excluding diaryl/α,β-unsaturated/α-hetero) is 1. The van der Waals surface area contributed by atoms with Crippen molar-refractivity contribution in [2.24, 2.45) is 5.92 Å². The molecule has 0 heterocycles. The lowest BCUT2D eigenvalue weighted by Crippen LogP contribution is -2.27. The number of hydrogen-bond acceptors (Lipinski definition) is 7. The molecule has 0 aliphatic rings. The Morgan fingerprint density at radius 3 is 2.20 bits per heavy atom. The molecule has 0 saturated heterocycles. The molecule has 0 N–H and O–H groups in total. The molecule has 0 aliphatic carbocycles. The Morgan fingerprint density at radius 2 is 1.68 bits per heavy atom. The molecule has 0 spiro atoms. The second-order valence-corrected chi connectivity index (χ2v) is 5.31. The third kappa shape index (κ3) is 6.03. The van der Waals surface area contributed by atoms with Crippen molar-refractivity contribution in [1.29, 1.82) is 0 Å². The van der Waals surface area contributed by atoms with E-state index in [-0.39, 0.29) is 18.8 Å². The molecule has 7 nitrogen and oxygen atoms in total. The number of methoxy groups -OCH3 is 3. The molecule has 1 aromatic rings. The summed E-state index contributed by atoms with van der Waals surface area (Å²) in [5, 5.41) is 0. The van der Waals surface area contributed by atoms with Crippen molar-refractivity contribution >= 4 is 11.8 Å². The van der Waals surface area contributed by atoms with Gasteiger partial charge in [-0.05, 0) is 18.6 Å². The predicted octanol–water partition coefficient (Wildman–Crippen LogP) is 2.81. The highest BCUT2D eigenvalue weighted by Crippen LogP contribution is 2.32. The Morgan fingerprint density at radius 1 is 1.04 bits per heavy atom. The van der Waals surface area contributed by atoms with Gasteiger partial charge in [0.25, 0.3) is 0 Å². The molecule has 0 fully saturated rings. The average Bonchev–Trinajstić information content (AvgIpc) is 2.64. The minimum atomic E-state index is -0.993. The maximum absolute atomic E-state index is 13.0. The van der Waals surface area contributed by atoms with E-state index in [4.69, 9.17) is 24.0 Å². The topological polar surface area (TPSA) is 80.3 Å². The van der Waals surface area contributed by atoms with Crippen molar-refractivity contribution in [3.8, 4) is 11.5 Å². The summed E-state index contributed by atoms with van der Waals surface area (Å²) in [4.78, 5) is 34.9. The van der Waals surface area contributed by atoms with Gasteiger partial charge in [0.2, 0.25) is 0 Å². The van der Waals surface area contributed by atoms with Crippen LogP contribution in [0.3, 0.4) is 0 Å². The third-order valence-electron chi connectivity index (χ3n) is 3.63. The summed E-state index contributed by atoms with van der Waals surface area (Å²) in [5.41, 5.74) is 0.224. The van der Waals surface area contributed by atoms with Gasteiger partial charge in [-0.1, -0.05) is 25.8 Å². The summed E-state index contributed by atoms with van der Waals surface area (Å²) in [7, 11) is 4.42. The fourth-order valence-electron chi connectivity index (χ4n) is 2.31. The smallest absolute Gasteiger partial charge is 0.353 e. The van der Waals surface area contributed by atoms with Crippen LogP contribution in [0.1, 0.15) is 36.5 Å². The molecule has 7 heteroatoms. The summed E-state index contributed by atoms with van der Waals surface area (Å²) in [6.45, 7) is 2.35. The predicted molar refractivity (Wildman–Crippen MR) is 90.8 cm³/mol. The molecular weight excluding hydrogens is 328 g/mol. The molecule has 0 amide bonds. The minimum absolute atomic E-state index is 0.0922. The number of benzene rings is 1. The molecule has 1 atom stereocenters. The van der Waals surface area contributed by atoms with Gasteiger partial charge in [0, 0.05) is 7.11 Å². The Hall–Kier alpha value is -2.12. The van der Waals surface area contributed by atoms with Crippen LogP contribution in [0.15, 0.2) is 18.2 Å². The number of ketones is 1. The van der Waals surface area contributed by atoms with E-state index in [0.29, 0.717) is 24.3 Å². The van der Waals surface area contributed by atoms with E-state index in [2.05, 4.69) is 0 Å². The van der Waals surface area contributed by atoms with E-state index in [1.165, 1.54) is 21.3 Å². The summed E-state index contributed by atoms with van der Waals surface area (Å²) in [5.74, 6) is -1.45. The van der Waals surface area contributed by atoms with Crippen molar-refractivity contribution in [3.05, 3.63) is 23.8 Å². The lowest BCUT2D eigenvalue weighted by Gasteiger charge is -2.17. The standard InChI is InChI=1S/C18H26O7/c1-5-6-8-13(18(20)25-24-12-11-21-2)17(19)16-14(22-3)9-7-10-15(16)23-4/h7,9-10,13H,5-6,8,11-12H2,1-4H3. The van der Waals surface area contributed by atoms with Crippen LogP contribution in [0, 0.1) is 5.92 Å². The van der Waals surface area contributed by atoms with Crippen LogP contribution >= 0.6 is 0 Å². The Kier molecular flexibility index (Phi) is 9.57. The average molecular weight is 354 g/mol. The van der Waals surface area contributed by atoms with Gasteiger partial charge >= 0.3 is 5.97 Å². The normalized spacial score (nSPS) is 11.7. The zero-order valence-corrected chi connectivity index (χ0v) is 15.2. The van der Waals surface area contributed by atoms with Gasteiger partial charge in [0.15, 0.2) is 5.78 Å². The highest BCUT2D eigenvalue weighted by atomic mass is 17.2. The molecule has 140 valence electrons. The van der Waals surface area contributed by atoms with Crippen LogP contribution in [0.4, 0.5) is 0 Å². The van der Waals surface area contributed by atoms with Gasteiger partial charge in [-0.15, -0.1) is 0 Å². The van der Waals surface area contributed by atoms with Crippen molar-refractivity contribution in [2.45, 2.75) is 26.2 Å². The number of ether oxygens (including phenoxy) is 3. The van der Waals surface area contributed by atoms with E-state index in [0.717, 1.165) is 6.42 Å². The highest BCUT2D eigenvalue weighted by molar-refractivity contribution is 6.11. The highest BCUT2D eigenvalue weighted by Gasteiger charge is 2.33.